The number of rotatable bonds is 14. The third-order valence-corrected chi connectivity index (χ3v) is 16.6. The third-order valence-electron chi connectivity index (χ3n) is 4.35. The minimum Gasteiger partial charge on any atom is -0.306 e. The Morgan fingerprint density at radius 2 is 0.520 bits per heavy atom. The zero-order chi connectivity index (χ0) is 39.5. The highest BCUT2D eigenvalue weighted by Gasteiger charge is 2.50. The topological polar surface area (TPSA) is 111 Å². The third kappa shape index (κ3) is 17.0. The van der Waals surface area contributed by atoms with Gasteiger partial charge in [0.2, 0.25) is 0 Å². The molecule has 0 saturated heterocycles. The summed E-state index contributed by atoms with van der Waals surface area (Å²) in [6.07, 6.45) is -33.6. The van der Waals surface area contributed by atoms with Crippen LogP contribution in [0.15, 0.2) is 18.1 Å². The first kappa shape index (κ1) is 47.4. The Balaban J connectivity index is 4.82. The first-order valence-electron chi connectivity index (χ1n) is 12.1. The summed E-state index contributed by atoms with van der Waals surface area (Å²) in [6, 6.07) is 0. The van der Waals surface area contributed by atoms with E-state index in [2.05, 4.69) is 45.2 Å². The molecule has 0 aliphatic carbocycles. The van der Waals surface area contributed by atoms with E-state index in [9.17, 15) is 79.0 Å². The van der Waals surface area contributed by atoms with Crippen LogP contribution in [0.3, 0.4) is 0 Å². The van der Waals surface area contributed by atoms with Gasteiger partial charge in [-0.1, -0.05) is 0 Å². The van der Waals surface area contributed by atoms with Gasteiger partial charge in [-0.2, -0.15) is 97.1 Å². The maximum Gasteiger partial charge on any atom is 0.412 e. The maximum atomic E-state index is 13.4. The van der Waals surface area contributed by atoms with Crippen LogP contribution in [0.25, 0.3) is 0 Å². The van der Waals surface area contributed by atoms with Gasteiger partial charge in [0, 0.05) is 0 Å². The molecule has 300 valence electrons. The summed E-state index contributed by atoms with van der Waals surface area (Å²) in [6.45, 7) is -16.5. The maximum absolute atomic E-state index is 13.4. The van der Waals surface area contributed by atoms with Crippen molar-refractivity contribution in [2.45, 2.75) is 37.1 Å². The smallest absolute Gasteiger partial charge is 0.306 e. The quantitative estimate of drug-likeness (QED) is 0.125. The Morgan fingerprint density at radius 3 is 0.680 bits per heavy atom. The van der Waals surface area contributed by atoms with Gasteiger partial charge in [-0.25, -0.2) is 9.34 Å². The van der Waals surface area contributed by atoms with Crippen molar-refractivity contribution in [3.05, 3.63) is 0 Å². The van der Waals surface area contributed by atoms with Crippen LogP contribution in [0.1, 0.15) is 0 Å². The number of halogens is 18. The fourth-order valence-electron chi connectivity index (χ4n) is 2.54. The summed E-state index contributed by atoms with van der Waals surface area (Å²) in [5.41, 5.74) is 0. The van der Waals surface area contributed by atoms with Crippen molar-refractivity contribution >= 4 is 30.5 Å². The number of nitrogens with zero attached hydrogens (tertiary/aromatic N) is 6. The van der Waals surface area contributed by atoms with Gasteiger partial charge in [-0.15, -0.1) is 0 Å². The van der Waals surface area contributed by atoms with E-state index in [1.54, 1.807) is 0 Å². The molecule has 2 atom stereocenters. The number of alkyl halides is 18. The molecule has 1 heterocycles. The lowest BCUT2D eigenvalue weighted by Crippen LogP contribution is -2.24. The molecule has 0 bridgehead atoms. The first-order chi connectivity index (χ1) is 22.0. The highest BCUT2D eigenvalue weighted by atomic mass is 31.3. The van der Waals surface area contributed by atoms with Crippen LogP contribution in [0.5, 0.6) is 0 Å². The molecular formula is C16H24F18N6O6P4. The lowest BCUT2D eigenvalue weighted by Gasteiger charge is -2.37. The normalized spacial score (nSPS) is 23.8. The van der Waals surface area contributed by atoms with Crippen LogP contribution in [0.4, 0.5) is 79.0 Å². The zero-order valence-electron chi connectivity index (χ0n) is 25.0. The molecule has 0 fully saturated rings. The molecule has 0 N–H and O–H groups in total. The fraction of sp³-hybridized carbons (Fsp3) is 1.00. The van der Waals surface area contributed by atoms with Crippen molar-refractivity contribution in [3.63, 3.8) is 0 Å². The Morgan fingerprint density at radius 1 is 0.340 bits per heavy atom. The molecule has 1 aliphatic rings. The largest absolute Gasteiger partial charge is 0.412 e. The van der Waals surface area contributed by atoms with Gasteiger partial charge in [0.1, 0.15) is 0 Å². The minimum atomic E-state index is -6.21. The molecule has 0 aromatic heterocycles. The van der Waals surface area contributed by atoms with E-state index in [1.807, 2.05) is 0 Å². The average Bonchev–Trinajstić information content (AvgIpc) is 2.86. The molecule has 50 heavy (non-hydrogen) atoms. The molecule has 1 aliphatic heterocycles. The summed E-state index contributed by atoms with van der Waals surface area (Å²) in [5.74, 6) is 0. The van der Waals surface area contributed by atoms with Gasteiger partial charge >= 0.3 is 52.4 Å². The van der Waals surface area contributed by atoms with Crippen LogP contribution in [-0.2, 0) is 27.1 Å². The lowest BCUT2D eigenvalue weighted by molar-refractivity contribution is -0.164. The van der Waals surface area contributed by atoms with Crippen LogP contribution in [-0.4, -0.2) is 114 Å². The zero-order valence-corrected chi connectivity index (χ0v) is 28.5. The van der Waals surface area contributed by atoms with E-state index < -0.39 is 107 Å². The monoisotopic (exact) mass is 862 g/mol. The Bertz CT molecular complexity index is 1230. The van der Waals surface area contributed by atoms with E-state index >= 15 is 0 Å². The van der Waals surface area contributed by atoms with E-state index in [-0.39, 0.29) is 9.34 Å². The minimum absolute atomic E-state index is 0.132. The second kappa shape index (κ2) is 16.4. The Labute approximate surface area is 269 Å². The van der Waals surface area contributed by atoms with Crippen molar-refractivity contribution in [1.82, 2.24) is 9.34 Å². The van der Waals surface area contributed by atoms with Crippen LogP contribution in [0, 0.1) is 0 Å². The molecule has 1 rings (SSSR count). The summed E-state index contributed by atoms with van der Waals surface area (Å²) in [7, 11) is -21.9. The van der Waals surface area contributed by atoms with Gasteiger partial charge in [-0.05, 0) is 28.2 Å². The highest BCUT2D eigenvalue weighted by molar-refractivity contribution is 7.79. The van der Waals surface area contributed by atoms with Gasteiger partial charge in [-0.3, -0.25) is 18.1 Å². The molecule has 0 amide bonds. The van der Waals surface area contributed by atoms with Crippen molar-refractivity contribution in [2.75, 3.05) is 67.8 Å². The van der Waals surface area contributed by atoms with E-state index in [0.29, 0.717) is 28.2 Å². The van der Waals surface area contributed by atoms with Gasteiger partial charge < -0.3 is 9.05 Å². The predicted molar refractivity (Wildman–Crippen MR) is 137 cm³/mol. The summed E-state index contributed by atoms with van der Waals surface area (Å²) >= 11 is 0. The molecule has 34 heteroatoms. The molecule has 0 radical (unpaired) electrons. The molecule has 12 nitrogen and oxygen atoms in total. The number of hydrogen-bond donors (Lipinski definition) is 0. The molecule has 0 unspecified atom stereocenters. The Hall–Kier alpha value is -0.660. The predicted octanol–water partition coefficient (Wildman–Crippen LogP) is 10.4. The van der Waals surface area contributed by atoms with E-state index in [1.165, 1.54) is 0 Å². The van der Waals surface area contributed by atoms with Crippen molar-refractivity contribution in [3.8, 4) is 0 Å². The summed E-state index contributed by atoms with van der Waals surface area (Å²) in [5, 5.41) is 0. The van der Waals surface area contributed by atoms with Crippen LogP contribution >= 0.6 is 30.5 Å². The van der Waals surface area contributed by atoms with Gasteiger partial charge in [0.15, 0.2) is 39.6 Å². The number of hydrogen-bond acceptors (Lipinski definition) is 12. The summed E-state index contributed by atoms with van der Waals surface area (Å²) < 4.78 is 281. The lowest BCUT2D eigenvalue weighted by atomic mass is 10.7. The van der Waals surface area contributed by atoms with Crippen molar-refractivity contribution in [1.29, 1.82) is 0 Å². The summed E-state index contributed by atoms with van der Waals surface area (Å²) in [4.78, 5) is 0. The molecular weight excluding hydrogens is 838 g/mol. The van der Waals surface area contributed by atoms with Gasteiger partial charge in [0.25, 0.3) is 15.2 Å². The van der Waals surface area contributed by atoms with Crippen LogP contribution < -0.4 is 0 Å². The van der Waals surface area contributed by atoms with Gasteiger partial charge in [0.05, 0.1) is 0 Å². The highest BCUT2D eigenvalue weighted by Crippen LogP contribution is 2.81. The standard InChI is InChI=1S/C16H24F18N6O6P4/c1-39(2)47(41-5-11(17,18)19)35-49(43-7-13(23,24)25,44-8-14(26,27)28)37-48(40(3)4,42-6-12(20,21)22)38-50(36-47,45-9-15(29,30)31)46-10-16(32,33)34/h5-10H2,1-4H3/t47-,48-. The SMILES string of the molecule is CN(C)[P@]1(OCC(F)(F)F)=NP(OCC(F)(F)F)(OCC(F)(F)F)=N[P@@](OCC(F)(F)F)(N(C)C)=NP(OCC(F)(F)F)(OCC(F)(F)F)=N1. The molecule has 0 aromatic rings. The average molecular weight is 862 g/mol. The van der Waals surface area contributed by atoms with Crippen molar-refractivity contribution in [2.24, 2.45) is 18.1 Å². The van der Waals surface area contributed by atoms with Crippen molar-refractivity contribution < 1.29 is 106 Å². The molecule has 0 spiro atoms. The molecule has 0 saturated carbocycles. The second-order valence-electron chi connectivity index (χ2n) is 9.39. The second-order valence-corrected chi connectivity index (χ2v) is 19.4. The van der Waals surface area contributed by atoms with Crippen LogP contribution in [0.2, 0.25) is 0 Å². The van der Waals surface area contributed by atoms with E-state index in [0.717, 1.165) is 0 Å². The first-order valence-corrected chi connectivity index (χ1v) is 18.3. The Kier molecular flexibility index (Phi) is 15.5. The fourth-order valence-corrected chi connectivity index (χ4v) is 16.7. The van der Waals surface area contributed by atoms with E-state index in [4.69, 9.17) is 0 Å². The molecule has 0 aromatic carbocycles.